The van der Waals surface area contributed by atoms with Crippen LogP contribution in [-0.4, -0.2) is 30.2 Å². The first-order chi connectivity index (χ1) is 6.13. The van der Waals surface area contributed by atoms with Crippen LogP contribution in [0.2, 0.25) is 0 Å². The molecule has 2 N–H and O–H groups in total. The lowest BCUT2D eigenvalue weighted by molar-refractivity contribution is -0.139. The number of nitrogens with two attached hydrogens (primary N) is 1. The molecule has 0 bridgehead atoms. The second-order valence-corrected chi connectivity index (χ2v) is 3.74. The van der Waals surface area contributed by atoms with Crippen LogP contribution in [0.1, 0.15) is 26.7 Å². The van der Waals surface area contributed by atoms with Gasteiger partial charge >= 0.3 is 0 Å². The maximum atomic E-state index is 11.5. The molecule has 0 aliphatic carbocycles. The molecule has 4 heteroatoms. The normalized spacial score (nSPS) is 19.1. The summed E-state index contributed by atoms with van der Waals surface area (Å²) in [6.07, 6.45) is 1.71. The molecular weight excluding hydrogens is 168 g/mol. The largest absolute Gasteiger partial charge is 0.381 e. The highest BCUT2D eigenvalue weighted by atomic mass is 16.5. The monoisotopic (exact) mass is 186 g/mol. The van der Waals surface area contributed by atoms with Gasteiger partial charge in [0.1, 0.15) is 0 Å². The van der Waals surface area contributed by atoms with Crippen molar-refractivity contribution < 1.29 is 9.53 Å². The number of carbonyl (C=O) groups excluding carboxylic acids is 1. The standard InChI is InChI=1S/C9H18N2O2/c1-7(2)9(12)11(10)8-3-5-13-6-4-8/h7-8H,3-6,10H2,1-2H3. The summed E-state index contributed by atoms with van der Waals surface area (Å²) < 4.78 is 5.20. The van der Waals surface area contributed by atoms with Crippen molar-refractivity contribution in [1.29, 1.82) is 0 Å². The summed E-state index contributed by atoms with van der Waals surface area (Å²) in [5.41, 5.74) is 0. The SMILES string of the molecule is CC(C)C(=O)N(N)C1CCOCC1. The van der Waals surface area contributed by atoms with E-state index in [9.17, 15) is 4.79 Å². The minimum Gasteiger partial charge on any atom is -0.381 e. The Bertz CT molecular complexity index is 176. The van der Waals surface area contributed by atoms with E-state index in [0.29, 0.717) is 13.2 Å². The number of nitrogens with zero attached hydrogens (tertiary/aromatic N) is 1. The third-order valence-corrected chi connectivity index (χ3v) is 2.33. The van der Waals surface area contributed by atoms with Gasteiger partial charge in [0, 0.05) is 19.1 Å². The van der Waals surface area contributed by atoms with Crippen LogP contribution in [0.4, 0.5) is 0 Å². The highest BCUT2D eigenvalue weighted by molar-refractivity contribution is 5.77. The molecule has 1 amide bonds. The van der Waals surface area contributed by atoms with E-state index in [1.54, 1.807) is 0 Å². The average molecular weight is 186 g/mol. The third kappa shape index (κ3) is 2.67. The van der Waals surface area contributed by atoms with E-state index in [2.05, 4.69) is 0 Å². The van der Waals surface area contributed by atoms with Gasteiger partial charge in [-0.1, -0.05) is 13.8 Å². The molecule has 13 heavy (non-hydrogen) atoms. The maximum absolute atomic E-state index is 11.5. The van der Waals surface area contributed by atoms with Crippen molar-refractivity contribution in [3.05, 3.63) is 0 Å². The molecule has 1 rings (SSSR count). The fourth-order valence-corrected chi connectivity index (χ4v) is 1.44. The summed E-state index contributed by atoms with van der Waals surface area (Å²) in [6.45, 7) is 5.15. The van der Waals surface area contributed by atoms with Gasteiger partial charge in [-0.05, 0) is 12.8 Å². The van der Waals surface area contributed by atoms with Crippen LogP contribution >= 0.6 is 0 Å². The minimum absolute atomic E-state index is 0.0203. The summed E-state index contributed by atoms with van der Waals surface area (Å²) in [5, 5.41) is 1.38. The number of amides is 1. The predicted octanol–water partition coefficient (Wildman–Crippen LogP) is 0.524. The zero-order chi connectivity index (χ0) is 9.84. The highest BCUT2D eigenvalue weighted by Gasteiger charge is 2.24. The smallest absolute Gasteiger partial charge is 0.239 e. The van der Waals surface area contributed by atoms with E-state index in [-0.39, 0.29) is 17.9 Å². The van der Waals surface area contributed by atoms with Crippen LogP contribution in [0.5, 0.6) is 0 Å². The molecule has 1 saturated heterocycles. The number of ether oxygens (including phenoxy) is 1. The molecule has 0 aromatic carbocycles. The molecule has 1 aliphatic rings. The first kappa shape index (κ1) is 10.5. The van der Waals surface area contributed by atoms with Crippen molar-refractivity contribution in [1.82, 2.24) is 5.01 Å². The molecule has 1 aliphatic heterocycles. The fourth-order valence-electron chi connectivity index (χ4n) is 1.44. The Morgan fingerprint density at radius 2 is 2.00 bits per heavy atom. The third-order valence-electron chi connectivity index (χ3n) is 2.33. The Kier molecular flexibility index (Phi) is 3.69. The summed E-state index contributed by atoms with van der Waals surface area (Å²) in [6, 6.07) is 0.170. The maximum Gasteiger partial charge on any atom is 0.239 e. The molecular formula is C9H18N2O2. The molecule has 1 fully saturated rings. The number of hydrogen-bond acceptors (Lipinski definition) is 3. The van der Waals surface area contributed by atoms with E-state index in [1.807, 2.05) is 13.8 Å². The summed E-state index contributed by atoms with van der Waals surface area (Å²) >= 11 is 0. The zero-order valence-corrected chi connectivity index (χ0v) is 8.32. The Morgan fingerprint density at radius 1 is 1.46 bits per heavy atom. The molecule has 0 atom stereocenters. The van der Waals surface area contributed by atoms with E-state index < -0.39 is 0 Å². The molecule has 0 saturated carbocycles. The molecule has 0 unspecified atom stereocenters. The summed E-state index contributed by atoms with van der Waals surface area (Å²) in [5.74, 6) is 5.72. The second-order valence-electron chi connectivity index (χ2n) is 3.74. The van der Waals surface area contributed by atoms with Gasteiger partial charge in [-0.3, -0.25) is 9.80 Å². The van der Waals surface area contributed by atoms with Crippen molar-refractivity contribution in [3.8, 4) is 0 Å². The Hall–Kier alpha value is -0.610. The van der Waals surface area contributed by atoms with Crippen molar-refractivity contribution in [3.63, 3.8) is 0 Å². The van der Waals surface area contributed by atoms with E-state index >= 15 is 0 Å². The van der Waals surface area contributed by atoms with Crippen LogP contribution in [0, 0.1) is 5.92 Å². The van der Waals surface area contributed by atoms with Crippen molar-refractivity contribution in [2.75, 3.05) is 13.2 Å². The number of hydrogen-bond donors (Lipinski definition) is 1. The number of carbonyl (C=O) groups is 1. The number of hydrazine groups is 1. The van der Waals surface area contributed by atoms with Crippen molar-refractivity contribution in [2.24, 2.45) is 11.8 Å². The van der Waals surface area contributed by atoms with Gasteiger partial charge in [0.15, 0.2) is 0 Å². The zero-order valence-electron chi connectivity index (χ0n) is 8.32. The van der Waals surface area contributed by atoms with E-state index in [1.165, 1.54) is 5.01 Å². The van der Waals surface area contributed by atoms with Gasteiger partial charge in [-0.15, -0.1) is 0 Å². The second kappa shape index (κ2) is 4.58. The predicted molar refractivity (Wildman–Crippen MR) is 49.7 cm³/mol. The van der Waals surface area contributed by atoms with Gasteiger partial charge in [0.25, 0.3) is 0 Å². The number of rotatable bonds is 2. The lowest BCUT2D eigenvalue weighted by Gasteiger charge is -2.31. The molecule has 0 aromatic rings. The lowest BCUT2D eigenvalue weighted by Crippen LogP contribution is -2.49. The van der Waals surface area contributed by atoms with E-state index in [4.69, 9.17) is 10.6 Å². The van der Waals surface area contributed by atoms with Gasteiger partial charge in [0.05, 0.1) is 6.04 Å². The Morgan fingerprint density at radius 3 is 2.46 bits per heavy atom. The highest BCUT2D eigenvalue weighted by Crippen LogP contribution is 2.13. The van der Waals surface area contributed by atoms with Crippen molar-refractivity contribution in [2.45, 2.75) is 32.7 Å². The molecule has 76 valence electrons. The Labute approximate surface area is 79.0 Å². The molecule has 1 heterocycles. The van der Waals surface area contributed by atoms with Crippen LogP contribution < -0.4 is 5.84 Å². The van der Waals surface area contributed by atoms with Crippen LogP contribution in [0.25, 0.3) is 0 Å². The van der Waals surface area contributed by atoms with Crippen molar-refractivity contribution >= 4 is 5.91 Å². The quantitative estimate of drug-likeness (QED) is 0.388. The van der Waals surface area contributed by atoms with Crippen LogP contribution in [0.3, 0.4) is 0 Å². The Balaban J connectivity index is 2.45. The first-order valence-electron chi connectivity index (χ1n) is 4.78. The van der Waals surface area contributed by atoms with E-state index in [0.717, 1.165) is 12.8 Å². The topological polar surface area (TPSA) is 55.6 Å². The van der Waals surface area contributed by atoms with Gasteiger partial charge < -0.3 is 4.74 Å². The summed E-state index contributed by atoms with van der Waals surface area (Å²) in [4.78, 5) is 11.5. The minimum atomic E-state index is -0.0205. The van der Waals surface area contributed by atoms with Crippen LogP contribution in [0.15, 0.2) is 0 Å². The molecule has 0 aromatic heterocycles. The molecule has 0 radical (unpaired) electrons. The molecule has 4 nitrogen and oxygen atoms in total. The first-order valence-corrected chi connectivity index (χ1v) is 4.78. The average Bonchev–Trinajstić information content (AvgIpc) is 2.17. The van der Waals surface area contributed by atoms with Gasteiger partial charge in [0.2, 0.25) is 5.91 Å². The van der Waals surface area contributed by atoms with Gasteiger partial charge in [-0.2, -0.15) is 0 Å². The van der Waals surface area contributed by atoms with Crippen LogP contribution in [-0.2, 0) is 9.53 Å². The van der Waals surface area contributed by atoms with Gasteiger partial charge in [-0.25, -0.2) is 5.84 Å². The fraction of sp³-hybridized carbons (Fsp3) is 0.889. The summed E-state index contributed by atoms with van der Waals surface area (Å²) in [7, 11) is 0. The molecule has 0 spiro atoms. The lowest BCUT2D eigenvalue weighted by atomic mass is 10.1.